The van der Waals surface area contributed by atoms with E-state index in [1.807, 2.05) is 19.1 Å². The molecule has 0 unspecified atom stereocenters. The fourth-order valence-electron chi connectivity index (χ4n) is 2.71. The summed E-state index contributed by atoms with van der Waals surface area (Å²) in [7, 11) is 1.61. The van der Waals surface area contributed by atoms with E-state index in [2.05, 4.69) is 0 Å². The maximum Gasteiger partial charge on any atom is 0.246 e. The monoisotopic (exact) mass is 313 g/mol. The van der Waals surface area contributed by atoms with Crippen LogP contribution in [0.5, 0.6) is 5.75 Å². The van der Waals surface area contributed by atoms with E-state index in [9.17, 15) is 9.59 Å². The van der Waals surface area contributed by atoms with Crippen LogP contribution in [0.3, 0.4) is 0 Å². The van der Waals surface area contributed by atoms with Crippen LogP contribution in [0.25, 0.3) is 0 Å². The molecule has 1 fully saturated rings. The van der Waals surface area contributed by atoms with Crippen LogP contribution in [0.2, 0.25) is 0 Å². The summed E-state index contributed by atoms with van der Waals surface area (Å²) >= 11 is 0. The fraction of sp³-hybridized carbons (Fsp3) is 0.368. The molecular formula is C19H23NO3. The Morgan fingerprint density at radius 2 is 1.78 bits per heavy atom. The molecule has 122 valence electrons. The molecule has 0 aliphatic carbocycles. The number of carbonyl (C=O) groups is 2. The number of likely N-dealkylation sites (tertiary alicyclic amines) is 1. The van der Waals surface area contributed by atoms with Gasteiger partial charge in [-0.25, -0.2) is 0 Å². The second kappa shape index (κ2) is 8.32. The third kappa shape index (κ3) is 4.55. The number of Topliss-reactive ketones (excluding diaryl/α,β-unsaturated/α-hetero) is 1. The fourth-order valence-corrected chi connectivity index (χ4v) is 2.71. The van der Waals surface area contributed by atoms with Gasteiger partial charge in [-0.3, -0.25) is 9.59 Å². The number of nitrogens with zero attached hydrogens (tertiary/aromatic N) is 1. The predicted octanol–water partition coefficient (Wildman–Crippen LogP) is 3.25. The van der Waals surface area contributed by atoms with Crippen molar-refractivity contribution in [2.45, 2.75) is 19.8 Å². The number of hydrogen-bond donors (Lipinski definition) is 0. The molecule has 4 nitrogen and oxygen atoms in total. The van der Waals surface area contributed by atoms with Gasteiger partial charge in [0, 0.05) is 30.6 Å². The lowest BCUT2D eigenvalue weighted by Crippen LogP contribution is -2.39. The first-order valence-electron chi connectivity index (χ1n) is 7.92. The highest BCUT2D eigenvalue weighted by atomic mass is 16.5. The van der Waals surface area contributed by atoms with E-state index in [0.717, 1.165) is 5.75 Å². The molecule has 1 aliphatic rings. The minimum atomic E-state index is -0.00744. The molecule has 1 amide bonds. The lowest BCUT2D eigenvalue weighted by Gasteiger charge is -2.30. The summed E-state index contributed by atoms with van der Waals surface area (Å²) in [5.74, 6) is 0.907. The van der Waals surface area contributed by atoms with E-state index in [1.165, 1.54) is 0 Å². The van der Waals surface area contributed by atoms with Crippen molar-refractivity contribution in [2.75, 3.05) is 20.2 Å². The number of piperidine rings is 1. The second-order valence-electron chi connectivity index (χ2n) is 5.58. The Morgan fingerprint density at radius 3 is 2.35 bits per heavy atom. The van der Waals surface area contributed by atoms with Crippen molar-refractivity contribution in [2.24, 2.45) is 5.92 Å². The van der Waals surface area contributed by atoms with E-state index in [1.54, 1.807) is 48.4 Å². The zero-order valence-electron chi connectivity index (χ0n) is 13.7. The molecule has 4 heteroatoms. The van der Waals surface area contributed by atoms with Gasteiger partial charge in [0.05, 0.1) is 7.11 Å². The maximum atomic E-state index is 12.5. The van der Waals surface area contributed by atoms with Gasteiger partial charge in [-0.1, -0.05) is 18.2 Å². The molecule has 1 heterocycles. The number of amides is 1. The van der Waals surface area contributed by atoms with Crippen LogP contribution in [0.4, 0.5) is 0 Å². The van der Waals surface area contributed by atoms with Crippen LogP contribution in [0, 0.1) is 5.92 Å². The number of carbonyl (C=O) groups excluding carboxylic acids is 2. The lowest BCUT2D eigenvalue weighted by atomic mass is 9.89. The molecule has 0 radical (unpaired) electrons. The third-order valence-electron chi connectivity index (χ3n) is 4.09. The summed E-state index contributed by atoms with van der Waals surface area (Å²) in [5, 5.41) is 0. The van der Waals surface area contributed by atoms with Gasteiger partial charge >= 0.3 is 0 Å². The molecule has 1 aliphatic heterocycles. The minimum absolute atomic E-state index is 0.00744. The highest BCUT2D eigenvalue weighted by Crippen LogP contribution is 2.23. The summed E-state index contributed by atoms with van der Waals surface area (Å²) in [5.41, 5.74) is 0.712. The zero-order chi connectivity index (χ0) is 16.7. The highest BCUT2D eigenvalue weighted by Gasteiger charge is 2.27. The number of methoxy groups -OCH3 is 1. The van der Waals surface area contributed by atoms with Crippen molar-refractivity contribution in [3.05, 3.63) is 54.1 Å². The number of allylic oxidation sites excluding steroid dienone is 3. The first-order chi connectivity index (χ1) is 11.2. The van der Waals surface area contributed by atoms with Crippen molar-refractivity contribution >= 4 is 11.7 Å². The molecule has 2 rings (SSSR count). The van der Waals surface area contributed by atoms with Crippen LogP contribution in [-0.4, -0.2) is 36.8 Å². The van der Waals surface area contributed by atoms with Gasteiger partial charge in [0.25, 0.3) is 0 Å². The molecule has 0 bridgehead atoms. The summed E-state index contributed by atoms with van der Waals surface area (Å²) < 4.78 is 5.11. The Hall–Kier alpha value is -2.36. The smallest absolute Gasteiger partial charge is 0.246 e. The van der Waals surface area contributed by atoms with Crippen molar-refractivity contribution in [3.63, 3.8) is 0 Å². The van der Waals surface area contributed by atoms with E-state index in [4.69, 9.17) is 4.74 Å². The van der Waals surface area contributed by atoms with Crippen molar-refractivity contribution in [1.82, 2.24) is 4.90 Å². The Kier molecular flexibility index (Phi) is 6.15. The zero-order valence-corrected chi connectivity index (χ0v) is 13.7. The van der Waals surface area contributed by atoms with Gasteiger partial charge in [-0.2, -0.15) is 0 Å². The van der Waals surface area contributed by atoms with Crippen LogP contribution in [-0.2, 0) is 4.79 Å². The molecular weight excluding hydrogens is 290 g/mol. The Balaban J connectivity index is 1.90. The molecule has 1 saturated heterocycles. The number of ether oxygens (including phenoxy) is 1. The summed E-state index contributed by atoms with van der Waals surface area (Å²) in [6, 6.07) is 7.22. The first-order valence-corrected chi connectivity index (χ1v) is 7.92. The number of rotatable bonds is 5. The predicted molar refractivity (Wildman–Crippen MR) is 90.6 cm³/mol. The standard InChI is InChI=1S/C19H23NO3/c1-3-4-5-6-18(21)20-13-11-16(12-14-20)19(22)15-7-9-17(23-2)10-8-15/h3-10,16H,11-14H2,1-2H3/b4-3+,6-5+. The molecule has 0 aromatic heterocycles. The van der Waals surface area contributed by atoms with Gasteiger partial charge in [-0.15, -0.1) is 0 Å². The van der Waals surface area contributed by atoms with Gasteiger partial charge in [0.1, 0.15) is 5.75 Å². The van der Waals surface area contributed by atoms with Gasteiger partial charge in [0.15, 0.2) is 5.78 Å². The number of benzene rings is 1. The van der Waals surface area contributed by atoms with Crippen LogP contribution >= 0.6 is 0 Å². The molecule has 1 aromatic rings. The number of hydrogen-bond acceptors (Lipinski definition) is 3. The quantitative estimate of drug-likeness (QED) is 0.476. The average Bonchev–Trinajstić information content (AvgIpc) is 2.61. The summed E-state index contributed by atoms with van der Waals surface area (Å²) in [6.45, 7) is 3.17. The van der Waals surface area contributed by atoms with E-state index in [-0.39, 0.29) is 17.6 Å². The van der Waals surface area contributed by atoms with Gasteiger partial charge in [0.2, 0.25) is 5.91 Å². The molecule has 1 aromatic carbocycles. The maximum absolute atomic E-state index is 12.5. The first kappa shape index (κ1) is 17.0. The minimum Gasteiger partial charge on any atom is -0.497 e. The SMILES string of the molecule is C/C=C/C=C/C(=O)N1CCC(C(=O)c2ccc(OC)cc2)CC1. The van der Waals surface area contributed by atoms with Gasteiger partial charge < -0.3 is 9.64 Å². The van der Waals surface area contributed by atoms with E-state index < -0.39 is 0 Å². The summed E-state index contributed by atoms with van der Waals surface area (Å²) in [4.78, 5) is 26.3. The van der Waals surface area contributed by atoms with Crippen molar-refractivity contribution < 1.29 is 14.3 Å². The Morgan fingerprint density at radius 1 is 1.13 bits per heavy atom. The van der Waals surface area contributed by atoms with E-state index in [0.29, 0.717) is 31.5 Å². The third-order valence-corrected chi connectivity index (χ3v) is 4.09. The largest absolute Gasteiger partial charge is 0.497 e. The molecule has 0 N–H and O–H groups in total. The normalized spacial score (nSPS) is 16.2. The molecule has 0 saturated carbocycles. The topological polar surface area (TPSA) is 46.6 Å². The van der Waals surface area contributed by atoms with Crippen molar-refractivity contribution in [1.29, 1.82) is 0 Å². The summed E-state index contributed by atoms with van der Waals surface area (Å²) in [6.07, 6.45) is 8.46. The molecule has 0 spiro atoms. The lowest BCUT2D eigenvalue weighted by molar-refractivity contribution is -0.127. The molecule has 0 atom stereocenters. The second-order valence-corrected chi connectivity index (χ2v) is 5.58. The average molecular weight is 313 g/mol. The van der Waals surface area contributed by atoms with E-state index >= 15 is 0 Å². The number of ketones is 1. The Bertz CT molecular complexity index is 594. The van der Waals surface area contributed by atoms with Crippen molar-refractivity contribution in [3.8, 4) is 5.75 Å². The van der Waals surface area contributed by atoms with Crippen LogP contribution in [0.15, 0.2) is 48.6 Å². The molecule has 23 heavy (non-hydrogen) atoms. The van der Waals surface area contributed by atoms with Gasteiger partial charge in [-0.05, 0) is 44.0 Å². The Labute approximate surface area is 137 Å². The van der Waals surface area contributed by atoms with Crippen LogP contribution < -0.4 is 4.74 Å². The highest BCUT2D eigenvalue weighted by molar-refractivity contribution is 5.98. The van der Waals surface area contributed by atoms with Crippen LogP contribution in [0.1, 0.15) is 30.1 Å².